The quantitative estimate of drug-likeness (QED) is 0.862. The molecule has 0 saturated heterocycles. The van der Waals surface area contributed by atoms with Crippen LogP contribution in [0.15, 0.2) is 36.4 Å². The van der Waals surface area contributed by atoms with E-state index in [0.29, 0.717) is 11.8 Å². The largest absolute Gasteiger partial charge is 0.481 e. The standard InChI is InChI=1S/C17H12F2N2O4/c1-21-16(23)11-4-3-10(7-12(11)17(21)24)20-15(22)8-25-14-5-2-9(18)6-13(14)19/h2-7H,8H2,1H3,(H,20,22). The zero-order valence-corrected chi connectivity index (χ0v) is 13.0. The van der Waals surface area contributed by atoms with Crippen molar-refractivity contribution in [3.05, 3.63) is 59.2 Å². The second kappa shape index (κ2) is 6.31. The second-order valence-electron chi connectivity index (χ2n) is 5.34. The molecule has 1 aliphatic rings. The minimum atomic E-state index is -0.919. The van der Waals surface area contributed by atoms with Crippen molar-refractivity contribution in [2.24, 2.45) is 0 Å². The molecule has 3 rings (SSSR count). The van der Waals surface area contributed by atoms with Gasteiger partial charge in [0.25, 0.3) is 17.7 Å². The molecular formula is C17H12F2N2O4. The zero-order valence-electron chi connectivity index (χ0n) is 13.0. The van der Waals surface area contributed by atoms with Gasteiger partial charge >= 0.3 is 0 Å². The molecule has 3 amide bonds. The Labute approximate surface area is 141 Å². The van der Waals surface area contributed by atoms with Gasteiger partial charge in [-0.1, -0.05) is 0 Å². The van der Waals surface area contributed by atoms with Crippen molar-refractivity contribution in [1.29, 1.82) is 0 Å². The first-order valence-corrected chi connectivity index (χ1v) is 7.21. The summed E-state index contributed by atoms with van der Waals surface area (Å²) in [5, 5.41) is 2.48. The number of imide groups is 1. The smallest absolute Gasteiger partial charge is 0.262 e. The molecule has 2 aromatic carbocycles. The van der Waals surface area contributed by atoms with E-state index in [2.05, 4.69) is 5.32 Å². The predicted octanol–water partition coefficient (Wildman–Crippen LogP) is 2.21. The van der Waals surface area contributed by atoms with Gasteiger partial charge in [0.2, 0.25) is 0 Å². The summed E-state index contributed by atoms with van der Waals surface area (Å²) in [6.07, 6.45) is 0. The third kappa shape index (κ3) is 3.18. The molecule has 1 aliphatic heterocycles. The van der Waals surface area contributed by atoms with Crippen LogP contribution >= 0.6 is 0 Å². The summed E-state index contributed by atoms with van der Waals surface area (Å²) in [6.45, 7) is -0.508. The van der Waals surface area contributed by atoms with E-state index in [-0.39, 0.29) is 16.9 Å². The summed E-state index contributed by atoms with van der Waals surface area (Å²) in [7, 11) is 1.37. The number of anilines is 1. The van der Waals surface area contributed by atoms with Crippen molar-refractivity contribution in [3.63, 3.8) is 0 Å². The highest BCUT2D eigenvalue weighted by molar-refractivity contribution is 6.21. The van der Waals surface area contributed by atoms with Crippen molar-refractivity contribution in [1.82, 2.24) is 4.90 Å². The number of hydrogen-bond acceptors (Lipinski definition) is 4. The van der Waals surface area contributed by atoms with E-state index in [9.17, 15) is 23.2 Å². The minimum Gasteiger partial charge on any atom is -0.481 e. The average Bonchev–Trinajstić information content (AvgIpc) is 2.78. The van der Waals surface area contributed by atoms with Gasteiger partial charge in [0.05, 0.1) is 11.1 Å². The van der Waals surface area contributed by atoms with Crippen molar-refractivity contribution in [2.45, 2.75) is 0 Å². The molecule has 0 unspecified atom stereocenters. The predicted molar refractivity (Wildman–Crippen MR) is 83.3 cm³/mol. The van der Waals surface area contributed by atoms with Crippen LogP contribution in [0, 0.1) is 11.6 Å². The summed E-state index contributed by atoms with van der Waals surface area (Å²) in [6, 6.07) is 7.03. The monoisotopic (exact) mass is 346 g/mol. The van der Waals surface area contributed by atoms with Crippen molar-refractivity contribution in [2.75, 3.05) is 19.0 Å². The fourth-order valence-electron chi connectivity index (χ4n) is 2.37. The summed E-state index contributed by atoms with van der Waals surface area (Å²) in [4.78, 5) is 36.6. The fraction of sp³-hybridized carbons (Fsp3) is 0.118. The topological polar surface area (TPSA) is 75.7 Å². The van der Waals surface area contributed by atoms with E-state index in [4.69, 9.17) is 4.74 Å². The van der Waals surface area contributed by atoms with E-state index in [1.54, 1.807) is 0 Å². The normalized spacial score (nSPS) is 13.0. The molecular weight excluding hydrogens is 334 g/mol. The Hall–Kier alpha value is -3.29. The lowest BCUT2D eigenvalue weighted by molar-refractivity contribution is -0.118. The Morgan fingerprint density at radius 1 is 1.08 bits per heavy atom. The molecule has 1 N–H and O–H groups in total. The molecule has 0 spiro atoms. The molecule has 2 aromatic rings. The van der Waals surface area contributed by atoms with Crippen LogP contribution in [-0.2, 0) is 4.79 Å². The van der Waals surface area contributed by atoms with Gasteiger partial charge in [-0.3, -0.25) is 19.3 Å². The molecule has 6 nitrogen and oxygen atoms in total. The van der Waals surface area contributed by atoms with Gasteiger partial charge in [-0.05, 0) is 30.3 Å². The first-order chi connectivity index (χ1) is 11.9. The lowest BCUT2D eigenvalue weighted by atomic mass is 10.1. The fourth-order valence-corrected chi connectivity index (χ4v) is 2.37. The SMILES string of the molecule is CN1C(=O)c2ccc(NC(=O)COc3ccc(F)cc3F)cc2C1=O. The van der Waals surface area contributed by atoms with Crippen LogP contribution < -0.4 is 10.1 Å². The first kappa shape index (κ1) is 16.6. The van der Waals surface area contributed by atoms with E-state index < -0.39 is 36.0 Å². The lowest BCUT2D eigenvalue weighted by Gasteiger charge is -2.09. The Morgan fingerprint density at radius 3 is 2.52 bits per heavy atom. The maximum atomic E-state index is 13.4. The summed E-state index contributed by atoms with van der Waals surface area (Å²) >= 11 is 0. The first-order valence-electron chi connectivity index (χ1n) is 7.21. The number of benzene rings is 2. The van der Waals surface area contributed by atoms with Crippen LogP contribution in [0.4, 0.5) is 14.5 Å². The number of nitrogens with zero attached hydrogens (tertiary/aromatic N) is 1. The molecule has 0 saturated carbocycles. The number of rotatable bonds is 4. The van der Waals surface area contributed by atoms with Crippen molar-refractivity contribution >= 4 is 23.4 Å². The van der Waals surface area contributed by atoms with Crippen LogP contribution in [0.25, 0.3) is 0 Å². The van der Waals surface area contributed by atoms with Gasteiger partial charge < -0.3 is 10.1 Å². The van der Waals surface area contributed by atoms with Crippen LogP contribution in [0.3, 0.4) is 0 Å². The molecule has 0 aliphatic carbocycles. The molecule has 0 radical (unpaired) electrons. The number of carbonyl (C=O) groups is 3. The maximum Gasteiger partial charge on any atom is 0.262 e. The van der Waals surface area contributed by atoms with Crippen molar-refractivity contribution < 1.29 is 27.9 Å². The van der Waals surface area contributed by atoms with Crippen LogP contribution in [0.2, 0.25) is 0 Å². The molecule has 8 heteroatoms. The second-order valence-corrected chi connectivity index (χ2v) is 5.34. The zero-order chi connectivity index (χ0) is 18.1. The highest BCUT2D eigenvalue weighted by Gasteiger charge is 2.32. The van der Waals surface area contributed by atoms with Gasteiger partial charge in [-0.25, -0.2) is 8.78 Å². The molecule has 1 heterocycles. The number of ether oxygens (including phenoxy) is 1. The van der Waals surface area contributed by atoms with E-state index in [1.165, 1.54) is 25.2 Å². The average molecular weight is 346 g/mol. The summed E-state index contributed by atoms with van der Waals surface area (Å²) in [5.74, 6) is -3.40. The molecule has 0 bridgehead atoms. The number of halogens is 2. The van der Waals surface area contributed by atoms with E-state index >= 15 is 0 Å². The van der Waals surface area contributed by atoms with Crippen LogP contribution in [0.5, 0.6) is 5.75 Å². The van der Waals surface area contributed by atoms with Gasteiger partial charge in [-0.15, -0.1) is 0 Å². The number of hydrogen-bond donors (Lipinski definition) is 1. The minimum absolute atomic E-state index is 0.191. The molecule has 0 aromatic heterocycles. The molecule has 128 valence electrons. The molecule has 0 fully saturated rings. The number of carbonyl (C=O) groups excluding carboxylic acids is 3. The Balaban J connectivity index is 1.66. The van der Waals surface area contributed by atoms with Crippen LogP contribution in [0.1, 0.15) is 20.7 Å². The molecule has 25 heavy (non-hydrogen) atoms. The third-order valence-electron chi connectivity index (χ3n) is 3.63. The highest BCUT2D eigenvalue weighted by Crippen LogP contribution is 2.24. The lowest BCUT2D eigenvalue weighted by Crippen LogP contribution is -2.24. The summed E-state index contributed by atoms with van der Waals surface area (Å²) in [5.41, 5.74) is 0.745. The van der Waals surface area contributed by atoms with Crippen molar-refractivity contribution in [3.8, 4) is 5.75 Å². The van der Waals surface area contributed by atoms with E-state index in [0.717, 1.165) is 17.0 Å². The summed E-state index contributed by atoms with van der Waals surface area (Å²) < 4.78 is 31.2. The highest BCUT2D eigenvalue weighted by atomic mass is 19.1. The van der Waals surface area contributed by atoms with Gasteiger partial charge in [0.1, 0.15) is 5.82 Å². The number of nitrogens with one attached hydrogen (secondary N) is 1. The van der Waals surface area contributed by atoms with Gasteiger partial charge in [-0.2, -0.15) is 0 Å². The van der Waals surface area contributed by atoms with Gasteiger partial charge in [0, 0.05) is 18.8 Å². The number of fused-ring (bicyclic) bond motifs is 1. The van der Waals surface area contributed by atoms with E-state index in [1.807, 2.05) is 0 Å². The van der Waals surface area contributed by atoms with Gasteiger partial charge in [0.15, 0.2) is 18.2 Å². The molecule has 0 atom stereocenters. The van der Waals surface area contributed by atoms with Crippen LogP contribution in [-0.4, -0.2) is 36.3 Å². The Morgan fingerprint density at radius 2 is 1.80 bits per heavy atom. The Kier molecular flexibility index (Phi) is 4.18. The third-order valence-corrected chi connectivity index (χ3v) is 3.63. The number of amides is 3. The Bertz CT molecular complexity index is 898. The maximum absolute atomic E-state index is 13.4.